The quantitative estimate of drug-likeness (QED) is 0.180. The highest BCUT2D eigenvalue weighted by atomic mass is 32.1. The first-order valence-corrected chi connectivity index (χ1v) is 20.5. The SMILES string of the molecule is c1ccc(-n2c3ccccc3c3ccc(-c4nc(-n5c6ccccc6c6c7c8ccccc8n8c9ccccc9c(cc65)c78)nc5sc6ccccc6c45)cc32)cc1. The molecule has 0 aliphatic heterocycles. The van der Waals surface area contributed by atoms with Crippen LogP contribution in [0.5, 0.6) is 0 Å². The van der Waals surface area contributed by atoms with Gasteiger partial charge in [-0.15, -0.1) is 11.3 Å². The minimum atomic E-state index is 0.672. The molecule has 58 heavy (non-hydrogen) atoms. The summed E-state index contributed by atoms with van der Waals surface area (Å²) in [5.74, 6) is 0.672. The highest BCUT2D eigenvalue weighted by Gasteiger charge is 2.26. The molecule has 268 valence electrons. The van der Waals surface area contributed by atoms with Gasteiger partial charge in [0.25, 0.3) is 0 Å². The van der Waals surface area contributed by atoms with Crippen molar-refractivity contribution >= 4 is 113 Å². The number of thiophene rings is 1. The number of fused-ring (bicyclic) bond motifs is 16. The average Bonchev–Trinajstić information content (AvgIpc) is 4.08. The summed E-state index contributed by atoms with van der Waals surface area (Å²) < 4.78 is 8.37. The largest absolute Gasteiger partial charge is 0.309 e. The Balaban J connectivity index is 1.13. The highest BCUT2D eigenvalue weighted by Crippen LogP contribution is 2.47. The molecule has 0 saturated heterocycles. The van der Waals surface area contributed by atoms with Gasteiger partial charge in [0.15, 0.2) is 0 Å². The van der Waals surface area contributed by atoms with Crippen LogP contribution in [0.4, 0.5) is 0 Å². The second kappa shape index (κ2) is 11.1. The molecule has 14 aromatic rings. The van der Waals surface area contributed by atoms with E-state index < -0.39 is 0 Å². The van der Waals surface area contributed by atoms with E-state index in [2.05, 4.69) is 189 Å². The van der Waals surface area contributed by atoms with E-state index in [-0.39, 0.29) is 0 Å². The van der Waals surface area contributed by atoms with Gasteiger partial charge in [0.05, 0.1) is 44.3 Å². The van der Waals surface area contributed by atoms with Gasteiger partial charge in [-0.3, -0.25) is 4.57 Å². The van der Waals surface area contributed by atoms with E-state index >= 15 is 0 Å². The summed E-state index contributed by atoms with van der Waals surface area (Å²) in [7, 11) is 0. The Morgan fingerprint density at radius 1 is 0.379 bits per heavy atom. The molecular formula is C52H29N5S. The van der Waals surface area contributed by atoms with Gasteiger partial charge in [-0.1, -0.05) is 121 Å². The number of hydrogen-bond donors (Lipinski definition) is 0. The lowest BCUT2D eigenvalue weighted by molar-refractivity contribution is 1.02. The van der Waals surface area contributed by atoms with Crippen LogP contribution in [0.15, 0.2) is 176 Å². The summed E-state index contributed by atoms with van der Waals surface area (Å²) in [6.45, 7) is 0. The van der Waals surface area contributed by atoms with Crippen molar-refractivity contribution in [2.45, 2.75) is 0 Å². The average molecular weight is 756 g/mol. The van der Waals surface area contributed by atoms with Crippen molar-refractivity contribution in [3.05, 3.63) is 176 Å². The molecule has 0 atom stereocenters. The second-order valence-electron chi connectivity index (χ2n) is 15.3. The zero-order valence-electron chi connectivity index (χ0n) is 30.9. The van der Waals surface area contributed by atoms with E-state index in [4.69, 9.17) is 9.97 Å². The molecule has 14 rings (SSSR count). The van der Waals surface area contributed by atoms with Crippen LogP contribution in [-0.4, -0.2) is 23.5 Å². The van der Waals surface area contributed by atoms with Gasteiger partial charge >= 0.3 is 0 Å². The Bertz CT molecular complexity index is 4030. The minimum Gasteiger partial charge on any atom is -0.309 e. The molecule has 0 N–H and O–H groups in total. The molecule has 0 spiro atoms. The second-order valence-corrected chi connectivity index (χ2v) is 16.4. The molecule has 0 amide bonds. The molecule has 0 aliphatic carbocycles. The van der Waals surface area contributed by atoms with Crippen LogP contribution in [-0.2, 0) is 0 Å². The van der Waals surface area contributed by atoms with Crippen molar-refractivity contribution in [3.63, 3.8) is 0 Å². The predicted molar refractivity (Wildman–Crippen MR) is 244 cm³/mol. The van der Waals surface area contributed by atoms with Crippen LogP contribution in [0.3, 0.4) is 0 Å². The Hall–Kier alpha value is -7.54. The van der Waals surface area contributed by atoms with Crippen molar-refractivity contribution in [2.75, 3.05) is 0 Å². The van der Waals surface area contributed by atoms with Crippen LogP contribution in [0, 0.1) is 0 Å². The minimum absolute atomic E-state index is 0.672. The van der Waals surface area contributed by atoms with Gasteiger partial charge in [-0.05, 0) is 54.6 Å². The zero-order chi connectivity index (χ0) is 37.6. The maximum Gasteiger partial charge on any atom is 0.236 e. The van der Waals surface area contributed by atoms with E-state index in [1.165, 1.54) is 75.2 Å². The number of rotatable bonds is 3. The lowest BCUT2D eigenvalue weighted by atomic mass is 10.0. The van der Waals surface area contributed by atoms with Gasteiger partial charge in [0, 0.05) is 69.8 Å². The number of hydrogen-bond acceptors (Lipinski definition) is 3. The fourth-order valence-electron chi connectivity index (χ4n) is 10.1. The van der Waals surface area contributed by atoms with Crippen LogP contribution < -0.4 is 0 Å². The summed E-state index contributed by atoms with van der Waals surface area (Å²) >= 11 is 1.74. The predicted octanol–water partition coefficient (Wildman–Crippen LogP) is 13.9. The molecule has 6 aromatic heterocycles. The summed E-state index contributed by atoms with van der Waals surface area (Å²) in [4.78, 5) is 12.2. The van der Waals surface area contributed by atoms with Gasteiger partial charge < -0.3 is 8.97 Å². The normalized spacial score (nSPS) is 12.5. The van der Waals surface area contributed by atoms with E-state index in [0.29, 0.717) is 5.95 Å². The first-order valence-electron chi connectivity index (χ1n) is 19.7. The first-order chi connectivity index (χ1) is 28.8. The van der Waals surface area contributed by atoms with Crippen LogP contribution in [0.2, 0.25) is 0 Å². The molecule has 0 fully saturated rings. The highest BCUT2D eigenvalue weighted by molar-refractivity contribution is 7.25. The molecule has 0 aliphatic rings. The summed E-state index contributed by atoms with van der Waals surface area (Å²) in [6, 6.07) is 63.7. The number of nitrogens with zero attached hydrogens (tertiary/aromatic N) is 5. The number of benzene rings is 8. The third-order valence-electron chi connectivity index (χ3n) is 12.4. The van der Waals surface area contributed by atoms with E-state index in [9.17, 15) is 0 Å². The molecule has 0 unspecified atom stereocenters. The summed E-state index contributed by atoms with van der Waals surface area (Å²) in [5, 5.41) is 12.1. The molecule has 0 saturated carbocycles. The lowest BCUT2D eigenvalue weighted by Crippen LogP contribution is -2.02. The molecule has 8 aromatic carbocycles. The van der Waals surface area contributed by atoms with Crippen molar-refractivity contribution < 1.29 is 0 Å². The van der Waals surface area contributed by atoms with Crippen LogP contribution >= 0.6 is 11.3 Å². The maximum absolute atomic E-state index is 5.69. The summed E-state index contributed by atoms with van der Waals surface area (Å²) in [5.41, 5.74) is 11.4. The first kappa shape index (κ1) is 30.7. The van der Waals surface area contributed by atoms with Gasteiger partial charge in [0.2, 0.25) is 5.95 Å². The molecule has 0 bridgehead atoms. The number of para-hydroxylation sites is 5. The summed E-state index contributed by atoms with van der Waals surface area (Å²) in [6.07, 6.45) is 0. The molecule has 5 nitrogen and oxygen atoms in total. The van der Waals surface area contributed by atoms with E-state index in [0.717, 1.165) is 43.7 Å². The standard InChI is InChI=1S/C52H29N5S/c1-2-14-31(15-3-1)55-39-21-9-4-16-32(39)34-27-26-30(28-43(34)55)49-48-37-20-8-13-25-45(37)58-51(48)54-52(53-49)57-42-24-12-6-18-35(42)46-44(57)29-38-33-17-5-10-22-40(33)56-41-23-11-7-19-36(41)47(46)50(38)56/h1-29H. The van der Waals surface area contributed by atoms with Gasteiger partial charge in [0.1, 0.15) is 4.83 Å². The Labute approximate surface area is 334 Å². The Kier molecular flexibility index (Phi) is 5.85. The lowest BCUT2D eigenvalue weighted by Gasteiger charge is -2.12. The fourth-order valence-corrected chi connectivity index (χ4v) is 11.1. The van der Waals surface area contributed by atoms with Crippen molar-refractivity contribution in [1.29, 1.82) is 0 Å². The fraction of sp³-hybridized carbons (Fsp3) is 0. The third kappa shape index (κ3) is 3.85. The molecule has 6 heterocycles. The topological polar surface area (TPSA) is 40.0 Å². The van der Waals surface area contributed by atoms with Crippen molar-refractivity contribution in [1.82, 2.24) is 23.5 Å². The zero-order valence-corrected chi connectivity index (χ0v) is 31.7. The third-order valence-corrected chi connectivity index (χ3v) is 13.5. The van der Waals surface area contributed by atoms with E-state index in [1.54, 1.807) is 11.3 Å². The molecule has 6 heteroatoms. The Morgan fingerprint density at radius 2 is 0.966 bits per heavy atom. The van der Waals surface area contributed by atoms with Crippen LogP contribution in [0.1, 0.15) is 0 Å². The van der Waals surface area contributed by atoms with Crippen LogP contribution in [0.25, 0.3) is 125 Å². The van der Waals surface area contributed by atoms with Crippen molar-refractivity contribution in [3.8, 4) is 22.9 Å². The smallest absolute Gasteiger partial charge is 0.236 e. The van der Waals surface area contributed by atoms with E-state index in [1.807, 2.05) is 0 Å². The number of aromatic nitrogens is 5. The maximum atomic E-state index is 5.69. The monoisotopic (exact) mass is 755 g/mol. The van der Waals surface area contributed by atoms with Gasteiger partial charge in [-0.25, -0.2) is 9.97 Å². The molecular weight excluding hydrogens is 727 g/mol. The van der Waals surface area contributed by atoms with Gasteiger partial charge in [-0.2, -0.15) is 0 Å². The van der Waals surface area contributed by atoms with Crippen molar-refractivity contribution in [2.24, 2.45) is 0 Å². The molecule has 0 radical (unpaired) electrons. The Morgan fingerprint density at radius 3 is 1.74 bits per heavy atom.